The van der Waals surface area contributed by atoms with Gasteiger partial charge in [-0.15, -0.1) is 0 Å². The van der Waals surface area contributed by atoms with E-state index in [1.807, 2.05) is 66.7 Å². The van der Waals surface area contributed by atoms with Crippen molar-refractivity contribution < 1.29 is 18.9 Å². The monoisotopic (exact) mass is 563 g/mol. The van der Waals surface area contributed by atoms with Gasteiger partial charge >= 0.3 is 7.82 Å². The molecule has 0 aliphatic rings. The van der Waals surface area contributed by atoms with Crippen molar-refractivity contribution in [2.45, 2.75) is 6.73 Å². The first-order chi connectivity index (χ1) is 19.9. The molecule has 3 aromatic heterocycles. The van der Waals surface area contributed by atoms with E-state index in [-0.39, 0.29) is 0 Å². The summed E-state index contributed by atoms with van der Waals surface area (Å²) >= 11 is 0. The second-order valence-corrected chi connectivity index (χ2v) is 10.3. The van der Waals surface area contributed by atoms with Crippen molar-refractivity contribution in [1.29, 1.82) is 0 Å². The Balaban J connectivity index is 1.40. The van der Waals surface area contributed by atoms with Gasteiger partial charge in [-0.25, -0.2) is 14.4 Å². The van der Waals surface area contributed by atoms with E-state index in [9.17, 15) is 14.4 Å². The second-order valence-electron chi connectivity index (χ2n) is 9.05. The van der Waals surface area contributed by atoms with Crippen LogP contribution in [0.1, 0.15) is 0 Å². The fourth-order valence-corrected chi connectivity index (χ4v) is 4.76. The van der Waals surface area contributed by atoms with Crippen molar-refractivity contribution in [2.24, 2.45) is 0 Å². The zero-order chi connectivity index (χ0) is 28.4. The lowest BCUT2D eigenvalue weighted by molar-refractivity contribution is 0.157. The molecular weight excluding hydrogens is 541 g/mol. The van der Waals surface area contributed by atoms with Crippen LogP contribution in [0, 0.1) is 6.57 Å². The maximum absolute atomic E-state index is 11.6. The van der Waals surface area contributed by atoms with Gasteiger partial charge in [0.05, 0.1) is 23.1 Å². The van der Waals surface area contributed by atoms with Crippen LogP contribution in [-0.4, -0.2) is 29.3 Å². The van der Waals surface area contributed by atoms with Crippen molar-refractivity contribution in [3.63, 3.8) is 0 Å². The number of hydrogen-bond acceptors (Lipinski definition) is 7. The molecule has 6 rings (SSSR count). The molecule has 3 heterocycles. The molecule has 202 valence electrons. The molecule has 3 aromatic carbocycles. The summed E-state index contributed by atoms with van der Waals surface area (Å²) in [5.74, 6) is 0.466. The molecule has 6 aromatic rings. The smallest absolute Gasteiger partial charge is 0.355 e. The normalized spacial score (nSPS) is 11.4. The van der Waals surface area contributed by atoms with Crippen molar-refractivity contribution in [2.75, 3.05) is 10.6 Å². The predicted molar refractivity (Wildman–Crippen MR) is 157 cm³/mol. The minimum absolute atomic E-state index is 0.416. The van der Waals surface area contributed by atoms with Gasteiger partial charge in [0.2, 0.25) is 0 Å². The standard InChI is InChI=1S/C29H22N7O4P/c1-30-21-5-7-25-24(16-21)26(11-14-32-25)34-22-4-2-3-19(15-22)29-35-27-8-6-23(33-20-9-12-31-13-10-20)17-28(27)36(29)18-40-41(37,38)39/h2-17H,18H2,(H,31,33)(H,32,34)(H2,37,38,39). The van der Waals surface area contributed by atoms with Gasteiger partial charge in [0, 0.05) is 52.3 Å². The van der Waals surface area contributed by atoms with E-state index in [1.54, 1.807) is 35.3 Å². The molecule has 11 nitrogen and oxygen atoms in total. The van der Waals surface area contributed by atoms with Gasteiger partial charge in [0.15, 0.2) is 5.69 Å². The third kappa shape index (κ3) is 5.77. The number of benzene rings is 3. The van der Waals surface area contributed by atoms with E-state index in [1.165, 1.54) is 0 Å². The molecule has 0 aliphatic carbocycles. The molecule has 0 unspecified atom stereocenters. The second kappa shape index (κ2) is 10.8. The first kappa shape index (κ1) is 26.1. The molecule has 4 N–H and O–H groups in total. The molecule has 0 amide bonds. The average molecular weight is 564 g/mol. The van der Waals surface area contributed by atoms with E-state index in [0.717, 1.165) is 33.7 Å². The van der Waals surface area contributed by atoms with Crippen LogP contribution < -0.4 is 10.6 Å². The number of pyridine rings is 2. The van der Waals surface area contributed by atoms with Crippen LogP contribution >= 0.6 is 7.82 Å². The van der Waals surface area contributed by atoms with Gasteiger partial charge in [-0.2, -0.15) is 0 Å². The lowest BCUT2D eigenvalue weighted by Gasteiger charge is -2.13. The van der Waals surface area contributed by atoms with Gasteiger partial charge in [0.25, 0.3) is 0 Å². The van der Waals surface area contributed by atoms with Crippen LogP contribution in [0.25, 0.3) is 38.2 Å². The van der Waals surface area contributed by atoms with Crippen LogP contribution in [0.3, 0.4) is 0 Å². The molecule has 0 saturated heterocycles. The Kier molecular flexibility index (Phi) is 6.89. The summed E-state index contributed by atoms with van der Waals surface area (Å²) in [5.41, 5.74) is 6.33. The highest BCUT2D eigenvalue weighted by Gasteiger charge is 2.19. The molecule has 12 heteroatoms. The van der Waals surface area contributed by atoms with Gasteiger partial charge in [-0.05, 0) is 60.7 Å². The summed E-state index contributed by atoms with van der Waals surface area (Å²) in [7, 11) is -4.76. The number of aromatic nitrogens is 4. The van der Waals surface area contributed by atoms with E-state index in [2.05, 4.69) is 25.4 Å². The molecule has 0 atom stereocenters. The third-order valence-corrected chi connectivity index (χ3v) is 6.78. The Morgan fingerprint density at radius 1 is 0.878 bits per heavy atom. The number of anilines is 4. The number of rotatable bonds is 8. The van der Waals surface area contributed by atoms with E-state index in [4.69, 9.17) is 16.1 Å². The number of imidazole rings is 1. The largest absolute Gasteiger partial charge is 0.471 e. The Labute approximate surface area is 234 Å². The summed E-state index contributed by atoms with van der Waals surface area (Å²) in [4.78, 5) is 35.6. The topological polar surface area (TPSA) is 139 Å². The molecule has 0 fully saturated rings. The summed E-state index contributed by atoms with van der Waals surface area (Å²) in [6.07, 6.45) is 5.05. The Bertz CT molecular complexity index is 1980. The van der Waals surface area contributed by atoms with Crippen LogP contribution in [0.5, 0.6) is 0 Å². The highest BCUT2D eigenvalue weighted by Crippen LogP contribution is 2.38. The Morgan fingerprint density at radius 2 is 1.68 bits per heavy atom. The third-order valence-electron chi connectivity index (χ3n) is 6.33. The molecule has 0 spiro atoms. The van der Waals surface area contributed by atoms with E-state index in [0.29, 0.717) is 28.1 Å². The van der Waals surface area contributed by atoms with Gasteiger partial charge in [-0.3, -0.25) is 19.1 Å². The number of phosphoric ester groups is 1. The minimum Gasteiger partial charge on any atom is -0.355 e. The average Bonchev–Trinajstić information content (AvgIpc) is 3.34. The predicted octanol–water partition coefficient (Wildman–Crippen LogP) is 6.75. The number of nitrogens with zero attached hydrogens (tertiary/aromatic N) is 5. The highest BCUT2D eigenvalue weighted by molar-refractivity contribution is 7.46. The summed E-state index contributed by atoms with van der Waals surface area (Å²) in [5, 5.41) is 7.51. The number of phosphoric acid groups is 1. The lowest BCUT2D eigenvalue weighted by Crippen LogP contribution is -2.04. The van der Waals surface area contributed by atoms with Crippen molar-refractivity contribution in [3.8, 4) is 11.4 Å². The quantitative estimate of drug-likeness (QED) is 0.117. The maximum Gasteiger partial charge on any atom is 0.471 e. The SMILES string of the molecule is [C-]#[N+]c1ccc2nccc(Nc3cccc(-c4nc5ccc(Nc6ccncc6)cc5n4COP(=O)(O)O)c3)c2c1. The lowest BCUT2D eigenvalue weighted by atomic mass is 10.1. The summed E-state index contributed by atoms with van der Waals surface area (Å²) < 4.78 is 18.1. The highest BCUT2D eigenvalue weighted by atomic mass is 31.2. The van der Waals surface area contributed by atoms with Crippen LogP contribution in [-0.2, 0) is 15.8 Å². The molecule has 41 heavy (non-hydrogen) atoms. The zero-order valence-corrected chi connectivity index (χ0v) is 22.2. The van der Waals surface area contributed by atoms with Gasteiger partial charge < -0.3 is 20.4 Å². The first-order valence-electron chi connectivity index (χ1n) is 12.4. The molecule has 0 radical (unpaired) electrons. The molecule has 0 bridgehead atoms. The summed E-state index contributed by atoms with van der Waals surface area (Å²) in [6.45, 7) is 6.94. The zero-order valence-electron chi connectivity index (χ0n) is 21.3. The number of fused-ring (bicyclic) bond motifs is 2. The van der Waals surface area contributed by atoms with Crippen LogP contribution in [0.15, 0.2) is 97.5 Å². The Morgan fingerprint density at radius 3 is 2.49 bits per heavy atom. The van der Waals surface area contributed by atoms with E-state index < -0.39 is 14.6 Å². The first-order valence-corrected chi connectivity index (χ1v) is 13.9. The van der Waals surface area contributed by atoms with Gasteiger partial charge in [0.1, 0.15) is 12.6 Å². The van der Waals surface area contributed by atoms with Gasteiger partial charge in [-0.1, -0.05) is 18.2 Å². The fourth-order valence-electron chi connectivity index (χ4n) is 4.49. The van der Waals surface area contributed by atoms with Crippen LogP contribution in [0.2, 0.25) is 0 Å². The number of hydrogen-bond donors (Lipinski definition) is 4. The summed E-state index contributed by atoms with van der Waals surface area (Å²) in [6, 6.07) is 23.9. The maximum atomic E-state index is 11.6. The van der Waals surface area contributed by atoms with Crippen molar-refractivity contribution in [3.05, 3.63) is 109 Å². The number of nitrogens with one attached hydrogen (secondary N) is 2. The van der Waals surface area contributed by atoms with Crippen molar-refractivity contribution >= 4 is 58.2 Å². The minimum atomic E-state index is -4.76. The van der Waals surface area contributed by atoms with Crippen molar-refractivity contribution in [1.82, 2.24) is 19.5 Å². The molecule has 0 saturated carbocycles. The Hall–Kier alpha value is -5.11. The molecule has 0 aliphatic heterocycles. The van der Waals surface area contributed by atoms with E-state index >= 15 is 0 Å². The van der Waals surface area contributed by atoms with Crippen LogP contribution in [0.4, 0.5) is 28.4 Å². The fraction of sp³-hybridized carbons (Fsp3) is 0.0345. The molecular formula is C29H22N7O4P.